The molecule has 0 aliphatic heterocycles. The molecule has 5 heteroatoms. The molecule has 2 rings (SSSR count). The summed E-state index contributed by atoms with van der Waals surface area (Å²) < 4.78 is 17.3. The quantitative estimate of drug-likeness (QED) is 0.163. The summed E-state index contributed by atoms with van der Waals surface area (Å²) in [5.41, 5.74) is 0.927. The molecule has 0 spiro atoms. The summed E-state index contributed by atoms with van der Waals surface area (Å²) in [7, 11) is 0. The zero-order chi connectivity index (χ0) is 24.1. The fourth-order valence-corrected chi connectivity index (χ4v) is 5.18. The van der Waals surface area contributed by atoms with Crippen LogP contribution in [-0.4, -0.2) is 37.4 Å². The van der Waals surface area contributed by atoms with Crippen LogP contribution in [0.25, 0.3) is 0 Å². The normalized spacial score (nSPS) is 25.3. The molecule has 0 N–H and O–H groups in total. The summed E-state index contributed by atoms with van der Waals surface area (Å²) in [6, 6.07) is 0. The van der Waals surface area contributed by atoms with E-state index in [0.717, 1.165) is 38.5 Å². The van der Waals surface area contributed by atoms with Crippen molar-refractivity contribution in [2.24, 2.45) is 11.8 Å². The molecule has 188 valence electrons. The Morgan fingerprint density at radius 1 is 0.667 bits per heavy atom. The molecule has 0 aromatic carbocycles. The highest BCUT2D eigenvalue weighted by atomic mass is 16.5. The maximum atomic E-state index is 11.5. The molecule has 4 atom stereocenters. The zero-order valence-corrected chi connectivity index (χ0v) is 21.1. The minimum absolute atomic E-state index is 0.286. The lowest BCUT2D eigenvalue weighted by Crippen LogP contribution is -2.37. The van der Waals surface area contributed by atoms with E-state index in [9.17, 15) is 9.59 Å². The Labute approximate surface area is 201 Å². The third kappa shape index (κ3) is 10.5. The minimum atomic E-state index is -0.286. The molecule has 0 bridgehead atoms. The number of esters is 2. The highest BCUT2D eigenvalue weighted by Crippen LogP contribution is 2.37. The molecule has 0 radical (unpaired) electrons. The van der Waals surface area contributed by atoms with Crippen molar-refractivity contribution in [1.82, 2.24) is 0 Å². The summed E-state index contributed by atoms with van der Waals surface area (Å²) in [5.74, 6) is 0.678. The first kappa shape index (κ1) is 27.6. The summed E-state index contributed by atoms with van der Waals surface area (Å²) in [6.07, 6.45) is 17.0. The number of ether oxygens (including phenoxy) is 3. The zero-order valence-electron chi connectivity index (χ0n) is 21.1. The summed E-state index contributed by atoms with van der Waals surface area (Å²) >= 11 is 0. The largest absolute Gasteiger partial charge is 0.462 e. The molecule has 0 aromatic rings. The molecule has 0 heterocycles. The molecule has 2 aliphatic carbocycles. The van der Waals surface area contributed by atoms with Gasteiger partial charge >= 0.3 is 11.9 Å². The number of hydrogen-bond acceptors (Lipinski definition) is 5. The van der Waals surface area contributed by atoms with Gasteiger partial charge in [0.05, 0.1) is 25.4 Å². The van der Waals surface area contributed by atoms with Crippen molar-refractivity contribution in [3.63, 3.8) is 0 Å². The second-order valence-electron chi connectivity index (χ2n) is 10.1. The number of carbonyl (C=O) groups is 2. The van der Waals surface area contributed by atoms with E-state index in [4.69, 9.17) is 14.2 Å². The Hall–Kier alpha value is -1.62. The lowest BCUT2D eigenvalue weighted by molar-refractivity contribution is -0.139. The molecular weight excluding hydrogens is 416 g/mol. The SMILES string of the molecule is C=C(C)C(=O)OCCCCC1CCCCC1OC1CCCCC1CCCCOC(=O)C(=C)C. The fraction of sp³-hybridized carbons (Fsp3) is 0.786. The van der Waals surface area contributed by atoms with Crippen LogP contribution in [0.3, 0.4) is 0 Å². The van der Waals surface area contributed by atoms with Crippen LogP contribution in [0.5, 0.6) is 0 Å². The fourth-order valence-electron chi connectivity index (χ4n) is 5.18. The summed E-state index contributed by atoms with van der Waals surface area (Å²) in [5, 5.41) is 0. The van der Waals surface area contributed by atoms with E-state index in [1.165, 1.54) is 51.4 Å². The van der Waals surface area contributed by atoms with Gasteiger partial charge in [-0.2, -0.15) is 0 Å². The van der Waals surface area contributed by atoms with Gasteiger partial charge in [-0.05, 0) is 89.9 Å². The second-order valence-corrected chi connectivity index (χ2v) is 10.1. The van der Waals surface area contributed by atoms with E-state index in [0.29, 0.717) is 48.4 Å². The van der Waals surface area contributed by atoms with Gasteiger partial charge < -0.3 is 14.2 Å². The van der Waals surface area contributed by atoms with E-state index >= 15 is 0 Å². The highest BCUT2D eigenvalue weighted by molar-refractivity contribution is 5.87. The molecule has 5 nitrogen and oxygen atoms in total. The van der Waals surface area contributed by atoms with Crippen LogP contribution in [0, 0.1) is 11.8 Å². The Balaban J connectivity index is 1.72. The van der Waals surface area contributed by atoms with Crippen LogP contribution < -0.4 is 0 Å². The molecule has 0 saturated heterocycles. The molecule has 2 aliphatic rings. The van der Waals surface area contributed by atoms with Crippen molar-refractivity contribution in [3.8, 4) is 0 Å². The van der Waals surface area contributed by atoms with Gasteiger partial charge in [0, 0.05) is 11.1 Å². The van der Waals surface area contributed by atoms with Gasteiger partial charge in [-0.3, -0.25) is 0 Å². The monoisotopic (exact) mass is 462 g/mol. The average molecular weight is 463 g/mol. The Morgan fingerprint density at radius 3 is 1.45 bits per heavy atom. The molecular formula is C28H46O5. The first-order chi connectivity index (χ1) is 15.9. The van der Waals surface area contributed by atoms with Crippen LogP contribution in [0.1, 0.15) is 104 Å². The summed E-state index contributed by atoms with van der Waals surface area (Å²) in [6.45, 7) is 11.6. The van der Waals surface area contributed by atoms with E-state index in [2.05, 4.69) is 13.2 Å². The van der Waals surface area contributed by atoms with Gasteiger partial charge in [0.2, 0.25) is 0 Å². The van der Waals surface area contributed by atoms with Crippen molar-refractivity contribution in [3.05, 3.63) is 24.3 Å². The van der Waals surface area contributed by atoms with Crippen LogP contribution in [0.4, 0.5) is 0 Å². The number of rotatable bonds is 14. The van der Waals surface area contributed by atoms with E-state index in [1.807, 2.05) is 0 Å². The molecule has 33 heavy (non-hydrogen) atoms. The van der Waals surface area contributed by atoms with E-state index < -0.39 is 0 Å². The highest BCUT2D eigenvalue weighted by Gasteiger charge is 2.32. The van der Waals surface area contributed by atoms with Gasteiger partial charge in [0.25, 0.3) is 0 Å². The third-order valence-corrected chi connectivity index (χ3v) is 7.13. The van der Waals surface area contributed by atoms with Gasteiger partial charge in [-0.15, -0.1) is 0 Å². The molecule has 0 aromatic heterocycles. The molecule has 0 amide bonds. The Bertz CT molecular complexity index is 586. The maximum Gasteiger partial charge on any atom is 0.333 e. The van der Waals surface area contributed by atoms with Crippen LogP contribution in [0.2, 0.25) is 0 Å². The van der Waals surface area contributed by atoms with Crippen molar-refractivity contribution in [2.75, 3.05) is 13.2 Å². The van der Waals surface area contributed by atoms with E-state index in [-0.39, 0.29) is 11.9 Å². The predicted molar refractivity (Wildman–Crippen MR) is 132 cm³/mol. The Morgan fingerprint density at radius 2 is 1.06 bits per heavy atom. The molecule has 2 fully saturated rings. The van der Waals surface area contributed by atoms with Gasteiger partial charge in [0.15, 0.2) is 0 Å². The van der Waals surface area contributed by atoms with Crippen molar-refractivity contribution in [1.29, 1.82) is 0 Å². The maximum absolute atomic E-state index is 11.5. The van der Waals surface area contributed by atoms with Crippen molar-refractivity contribution < 1.29 is 23.8 Å². The predicted octanol–water partition coefficient (Wildman–Crippen LogP) is 6.70. The smallest absolute Gasteiger partial charge is 0.333 e. The third-order valence-electron chi connectivity index (χ3n) is 7.13. The lowest BCUT2D eigenvalue weighted by Gasteiger charge is -2.39. The summed E-state index contributed by atoms with van der Waals surface area (Å²) in [4.78, 5) is 23.0. The van der Waals surface area contributed by atoms with Crippen molar-refractivity contribution in [2.45, 2.75) is 116 Å². The van der Waals surface area contributed by atoms with Crippen molar-refractivity contribution >= 4 is 11.9 Å². The average Bonchev–Trinajstić information content (AvgIpc) is 2.80. The van der Waals surface area contributed by atoms with Gasteiger partial charge in [-0.1, -0.05) is 38.8 Å². The van der Waals surface area contributed by atoms with E-state index in [1.54, 1.807) is 13.8 Å². The Kier molecular flexibility index (Phi) is 12.8. The number of carbonyl (C=O) groups excluding carboxylic acids is 2. The van der Waals surface area contributed by atoms with Gasteiger partial charge in [-0.25, -0.2) is 9.59 Å². The number of unbranched alkanes of at least 4 members (excludes halogenated alkanes) is 2. The lowest BCUT2D eigenvalue weighted by atomic mass is 9.80. The minimum Gasteiger partial charge on any atom is -0.462 e. The standard InChI is InChI=1S/C28H46O5/c1-21(2)27(29)31-19-11-9-15-23-13-5-7-17-25(23)33-26-18-8-6-14-24(26)16-10-12-20-32-28(30)22(3)4/h23-26H,1,3,5-20H2,2,4H3. The first-order valence-corrected chi connectivity index (χ1v) is 13.2. The topological polar surface area (TPSA) is 61.8 Å². The number of hydrogen-bond donors (Lipinski definition) is 0. The van der Waals surface area contributed by atoms with Crippen LogP contribution >= 0.6 is 0 Å². The first-order valence-electron chi connectivity index (χ1n) is 13.2. The van der Waals surface area contributed by atoms with Crippen LogP contribution in [0.15, 0.2) is 24.3 Å². The molecule has 2 saturated carbocycles. The molecule has 4 unspecified atom stereocenters. The second kappa shape index (κ2) is 15.3. The van der Waals surface area contributed by atoms with Gasteiger partial charge in [0.1, 0.15) is 0 Å². The van der Waals surface area contributed by atoms with Crippen LogP contribution in [-0.2, 0) is 23.8 Å².